The van der Waals surface area contributed by atoms with Crippen molar-refractivity contribution in [2.24, 2.45) is 20.7 Å². The summed E-state index contributed by atoms with van der Waals surface area (Å²) in [6, 6.07) is -0.209. The van der Waals surface area contributed by atoms with Gasteiger partial charge in [-0.15, -0.1) is 0 Å². The molecule has 0 aliphatic carbocycles. The summed E-state index contributed by atoms with van der Waals surface area (Å²) < 4.78 is 11.4. The summed E-state index contributed by atoms with van der Waals surface area (Å²) >= 11 is 0. The number of amidine groups is 1. The monoisotopic (exact) mass is 313 g/mol. The van der Waals surface area contributed by atoms with Gasteiger partial charge in [-0.1, -0.05) is 6.92 Å². The van der Waals surface area contributed by atoms with Crippen LogP contribution in [0.4, 0.5) is 0 Å². The largest absolute Gasteiger partial charge is 0.385 e. The van der Waals surface area contributed by atoms with Gasteiger partial charge >= 0.3 is 0 Å². The molecule has 0 aromatic heterocycles. The Morgan fingerprint density at radius 1 is 1.52 bits per heavy atom. The smallest absolute Gasteiger partial charge is 0.167 e. The first-order valence-electron chi connectivity index (χ1n) is 7.09. The van der Waals surface area contributed by atoms with E-state index < -0.39 is 8.38 Å². The van der Waals surface area contributed by atoms with E-state index in [1.165, 1.54) is 6.34 Å². The molecule has 5 atom stereocenters. The third-order valence-corrected chi connectivity index (χ3v) is 4.76. The van der Waals surface area contributed by atoms with Crippen LogP contribution in [0, 0.1) is 0 Å². The van der Waals surface area contributed by atoms with E-state index in [1.54, 1.807) is 6.34 Å². The summed E-state index contributed by atoms with van der Waals surface area (Å²) in [4.78, 5) is 24.2. The number of hydrogen-bond donors (Lipinski definition) is 2. The highest BCUT2D eigenvalue weighted by atomic mass is 31.2. The minimum absolute atomic E-state index is 0.00438. The Morgan fingerprint density at radius 3 is 3.19 bits per heavy atom. The molecule has 3 rings (SSSR count). The predicted octanol–water partition coefficient (Wildman–Crippen LogP) is 0.270. The molecule has 0 bridgehead atoms. The molecule has 0 amide bonds. The fourth-order valence-corrected chi connectivity index (χ4v) is 3.14. The maximum atomic E-state index is 9.49. The number of aliphatic imine (C=N–C) groups is 3. The summed E-state index contributed by atoms with van der Waals surface area (Å²) in [5.74, 6) is 0.487. The van der Waals surface area contributed by atoms with E-state index in [0.717, 1.165) is 12.8 Å². The van der Waals surface area contributed by atoms with E-state index in [9.17, 15) is 4.89 Å². The van der Waals surface area contributed by atoms with E-state index in [4.69, 9.17) is 15.0 Å². The van der Waals surface area contributed by atoms with Crippen molar-refractivity contribution in [2.45, 2.75) is 44.3 Å². The van der Waals surface area contributed by atoms with Crippen molar-refractivity contribution in [3.05, 3.63) is 0 Å². The Labute approximate surface area is 124 Å². The van der Waals surface area contributed by atoms with E-state index in [1.807, 2.05) is 11.8 Å². The highest BCUT2D eigenvalue weighted by Crippen LogP contribution is 2.33. The van der Waals surface area contributed by atoms with Gasteiger partial charge in [0, 0.05) is 6.16 Å². The lowest BCUT2D eigenvalue weighted by Crippen LogP contribution is -2.47. The van der Waals surface area contributed by atoms with Crippen LogP contribution in [0.15, 0.2) is 15.0 Å². The van der Waals surface area contributed by atoms with Crippen LogP contribution in [0.5, 0.6) is 0 Å². The first-order chi connectivity index (χ1) is 10.2. The van der Waals surface area contributed by atoms with Crippen LogP contribution < -0.4 is 5.73 Å². The Hall–Kier alpha value is -1.08. The van der Waals surface area contributed by atoms with Crippen LogP contribution in [-0.4, -0.2) is 65.6 Å². The average Bonchev–Trinajstić information content (AvgIpc) is 3.11. The van der Waals surface area contributed by atoms with Crippen LogP contribution in [-0.2, 0) is 9.26 Å². The van der Waals surface area contributed by atoms with Crippen molar-refractivity contribution < 1.29 is 14.2 Å². The molecule has 8 nitrogen and oxygen atoms in total. The minimum Gasteiger partial charge on any atom is -0.385 e. The minimum atomic E-state index is -1.31. The summed E-state index contributed by atoms with van der Waals surface area (Å²) in [5, 5.41) is 0. The van der Waals surface area contributed by atoms with E-state index in [0.29, 0.717) is 18.6 Å². The van der Waals surface area contributed by atoms with Crippen LogP contribution in [0.1, 0.15) is 19.8 Å². The van der Waals surface area contributed by atoms with Crippen LogP contribution >= 0.6 is 8.38 Å². The summed E-state index contributed by atoms with van der Waals surface area (Å²) in [5.41, 5.74) is 5.84. The van der Waals surface area contributed by atoms with Gasteiger partial charge in [0.25, 0.3) is 0 Å². The summed E-state index contributed by atoms with van der Waals surface area (Å²) in [7, 11) is -1.31. The van der Waals surface area contributed by atoms with Crippen molar-refractivity contribution in [3.8, 4) is 0 Å². The van der Waals surface area contributed by atoms with Crippen molar-refractivity contribution in [2.75, 3.05) is 12.8 Å². The fraction of sp³-hybridized carbons (Fsp3) is 0.750. The van der Waals surface area contributed by atoms with Gasteiger partial charge in [-0.05, 0) is 12.8 Å². The van der Waals surface area contributed by atoms with Crippen molar-refractivity contribution in [1.82, 2.24) is 4.90 Å². The molecule has 3 heterocycles. The molecule has 9 heteroatoms. The quantitative estimate of drug-likeness (QED) is 0.709. The maximum absolute atomic E-state index is 9.49. The second kappa shape index (κ2) is 6.36. The summed E-state index contributed by atoms with van der Waals surface area (Å²) in [6.45, 7) is 2.33. The Kier molecular flexibility index (Phi) is 4.49. The van der Waals surface area contributed by atoms with Crippen LogP contribution in [0.25, 0.3) is 0 Å². The van der Waals surface area contributed by atoms with Gasteiger partial charge < -0.3 is 24.8 Å². The van der Waals surface area contributed by atoms with E-state index in [2.05, 4.69) is 15.0 Å². The molecule has 3 aliphatic rings. The highest BCUT2D eigenvalue weighted by Gasteiger charge is 2.41. The van der Waals surface area contributed by atoms with E-state index >= 15 is 0 Å². The lowest BCUT2D eigenvalue weighted by atomic mass is 10.2. The third kappa shape index (κ3) is 3.08. The van der Waals surface area contributed by atoms with Crippen LogP contribution in [0.2, 0.25) is 0 Å². The molecule has 1 saturated heterocycles. The fourth-order valence-electron chi connectivity index (χ4n) is 2.62. The molecule has 3 N–H and O–H groups in total. The van der Waals surface area contributed by atoms with Gasteiger partial charge in [0.2, 0.25) is 0 Å². The molecule has 116 valence electrons. The lowest BCUT2D eigenvalue weighted by Gasteiger charge is -2.30. The number of nitrogens with zero attached hydrogens (tertiary/aromatic N) is 4. The number of rotatable bonds is 5. The second-order valence-electron chi connectivity index (χ2n) is 5.14. The highest BCUT2D eigenvalue weighted by molar-refractivity contribution is 7.46. The van der Waals surface area contributed by atoms with Gasteiger partial charge in [-0.25, -0.2) is 9.98 Å². The number of hydrogen-bond acceptors (Lipinski definition) is 8. The normalized spacial score (nSPS) is 35.9. The van der Waals surface area contributed by atoms with Crippen LogP contribution in [0.3, 0.4) is 0 Å². The topological polar surface area (TPSA) is 105 Å². The molecule has 5 unspecified atom stereocenters. The third-order valence-electron chi connectivity index (χ3n) is 3.78. The summed E-state index contributed by atoms with van der Waals surface area (Å²) in [6.07, 6.45) is 5.42. The van der Waals surface area contributed by atoms with Crippen molar-refractivity contribution in [1.29, 1.82) is 0 Å². The molecular formula is C12H20N5O3P. The lowest BCUT2D eigenvalue weighted by molar-refractivity contribution is -0.0448. The number of nitrogens with two attached hydrogens (primary N) is 1. The van der Waals surface area contributed by atoms with Gasteiger partial charge in [-0.2, -0.15) is 0 Å². The van der Waals surface area contributed by atoms with Gasteiger partial charge in [-0.3, -0.25) is 4.99 Å². The molecule has 0 spiro atoms. The molecule has 0 aromatic rings. The molecule has 0 saturated carbocycles. The zero-order chi connectivity index (χ0) is 14.8. The van der Waals surface area contributed by atoms with Gasteiger partial charge in [0.05, 0.1) is 19.0 Å². The molecule has 21 heavy (non-hydrogen) atoms. The van der Waals surface area contributed by atoms with Gasteiger partial charge in [0.1, 0.15) is 24.4 Å². The van der Waals surface area contributed by atoms with Crippen molar-refractivity contribution in [3.63, 3.8) is 0 Å². The standard InChI is InChI=1S/C12H20N5O3P/c1-2-21(18)19-5-8-3-4-9(20-8)17-7-16-10-11(13)14-6-15-12(10)17/h6-10,12,18H,2-5H2,1H3,(H2,13,14,15). The molecule has 0 radical (unpaired) electrons. The second-order valence-corrected chi connectivity index (χ2v) is 6.74. The first kappa shape index (κ1) is 14.8. The Bertz CT molecular complexity index is 472. The molecule has 1 fully saturated rings. The van der Waals surface area contributed by atoms with Gasteiger partial charge in [0.15, 0.2) is 14.5 Å². The SMILES string of the molecule is CCP(O)OCC1CCC(N2C=NC3C(N)=NC=NC32)O1. The zero-order valence-corrected chi connectivity index (χ0v) is 12.8. The Balaban J connectivity index is 1.54. The Morgan fingerprint density at radius 2 is 2.38 bits per heavy atom. The maximum Gasteiger partial charge on any atom is 0.167 e. The number of fused-ring (bicyclic) bond motifs is 1. The number of ether oxygens (including phenoxy) is 1. The molecular weight excluding hydrogens is 293 g/mol. The average molecular weight is 313 g/mol. The predicted molar refractivity (Wildman–Crippen MR) is 81.5 cm³/mol. The van der Waals surface area contributed by atoms with Crippen molar-refractivity contribution >= 4 is 26.9 Å². The zero-order valence-electron chi connectivity index (χ0n) is 11.9. The van der Waals surface area contributed by atoms with E-state index in [-0.39, 0.29) is 24.5 Å². The first-order valence-corrected chi connectivity index (χ1v) is 8.49. The molecule has 3 aliphatic heterocycles. The molecule has 0 aromatic carbocycles.